The van der Waals surface area contributed by atoms with Crippen LogP contribution in [0.3, 0.4) is 0 Å². The molecular weight excluding hydrogens is 196 g/mol. The summed E-state index contributed by atoms with van der Waals surface area (Å²) < 4.78 is 5.04. The zero-order valence-electron chi connectivity index (χ0n) is 9.04. The van der Waals surface area contributed by atoms with Crippen molar-refractivity contribution in [2.24, 2.45) is 5.73 Å². The number of ether oxygens (including phenoxy) is 1. The SMILES string of the molecule is CCC(C)(CN)c1csc(COC)n1. The highest BCUT2D eigenvalue weighted by Crippen LogP contribution is 2.27. The van der Waals surface area contributed by atoms with Crippen LogP contribution in [0, 0.1) is 0 Å². The zero-order valence-corrected chi connectivity index (χ0v) is 9.86. The van der Waals surface area contributed by atoms with Crippen molar-refractivity contribution in [1.82, 2.24) is 4.98 Å². The number of thiazole rings is 1. The topological polar surface area (TPSA) is 48.1 Å². The predicted molar refractivity (Wildman–Crippen MR) is 59.5 cm³/mol. The van der Waals surface area contributed by atoms with Crippen LogP contribution in [-0.2, 0) is 16.8 Å². The van der Waals surface area contributed by atoms with Crippen molar-refractivity contribution in [2.75, 3.05) is 13.7 Å². The van der Waals surface area contributed by atoms with Crippen molar-refractivity contribution in [3.63, 3.8) is 0 Å². The average Bonchev–Trinajstić information content (AvgIpc) is 2.66. The van der Waals surface area contributed by atoms with E-state index in [1.54, 1.807) is 18.4 Å². The lowest BCUT2D eigenvalue weighted by atomic mass is 9.85. The van der Waals surface area contributed by atoms with E-state index >= 15 is 0 Å². The fraction of sp³-hybridized carbons (Fsp3) is 0.700. The van der Waals surface area contributed by atoms with Crippen molar-refractivity contribution in [1.29, 1.82) is 0 Å². The number of aromatic nitrogens is 1. The molecule has 0 aliphatic heterocycles. The first kappa shape index (κ1) is 11.6. The summed E-state index contributed by atoms with van der Waals surface area (Å²) in [5, 5.41) is 3.11. The Morgan fingerprint density at radius 1 is 1.64 bits per heavy atom. The molecule has 1 aromatic heterocycles. The van der Waals surface area contributed by atoms with Crippen molar-refractivity contribution in [3.8, 4) is 0 Å². The number of methoxy groups -OCH3 is 1. The summed E-state index contributed by atoms with van der Waals surface area (Å²) in [4.78, 5) is 4.53. The third-order valence-corrected chi connectivity index (χ3v) is 3.49. The molecule has 0 spiro atoms. The Morgan fingerprint density at radius 2 is 2.36 bits per heavy atom. The first-order chi connectivity index (χ1) is 6.66. The van der Waals surface area contributed by atoms with Gasteiger partial charge < -0.3 is 10.5 Å². The Labute approximate surface area is 89.3 Å². The maximum absolute atomic E-state index is 5.77. The van der Waals surface area contributed by atoms with E-state index < -0.39 is 0 Å². The first-order valence-electron chi connectivity index (χ1n) is 4.80. The second kappa shape index (κ2) is 4.87. The molecule has 0 fully saturated rings. The molecule has 1 rings (SSSR count). The minimum atomic E-state index is 0.0164. The first-order valence-corrected chi connectivity index (χ1v) is 5.68. The smallest absolute Gasteiger partial charge is 0.119 e. The van der Waals surface area contributed by atoms with Crippen LogP contribution in [0.4, 0.5) is 0 Å². The molecular formula is C10H18N2OS. The Kier molecular flexibility index (Phi) is 4.04. The molecule has 1 heterocycles. The average molecular weight is 214 g/mol. The highest BCUT2D eigenvalue weighted by Gasteiger charge is 2.25. The minimum absolute atomic E-state index is 0.0164. The molecule has 14 heavy (non-hydrogen) atoms. The van der Waals surface area contributed by atoms with Crippen LogP contribution in [0.5, 0.6) is 0 Å². The van der Waals surface area contributed by atoms with Crippen LogP contribution in [0.1, 0.15) is 31.0 Å². The fourth-order valence-corrected chi connectivity index (χ4v) is 2.13. The quantitative estimate of drug-likeness (QED) is 0.814. The lowest BCUT2D eigenvalue weighted by molar-refractivity contribution is 0.184. The van der Waals surface area contributed by atoms with E-state index in [2.05, 4.69) is 24.2 Å². The summed E-state index contributed by atoms with van der Waals surface area (Å²) in [6, 6.07) is 0. The van der Waals surface area contributed by atoms with Crippen LogP contribution in [-0.4, -0.2) is 18.6 Å². The Balaban J connectivity index is 2.84. The van der Waals surface area contributed by atoms with Crippen molar-refractivity contribution in [3.05, 3.63) is 16.1 Å². The molecule has 0 bridgehead atoms. The van der Waals surface area contributed by atoms with E-state index in [9.17, 15) is 0 Å². The van der Waals surface area contributed by atoms with Gasteiger partial charge in [-0.3, -0.25) is 0 Å². The number of rotatable bonds is 5. The standard InChI is InChI=1S/C10H18N2OS/c1-4-10(2,7-11)8-6-14-9(12-8)5-13-3/h6H,4-5,7,11H2,1-3H3. The van der Waals surface area contributed by atoms with Crippen LogP contribution in [0.25, 0.3) is 0 Å². The fourth-order valence-electron chi connectivity index (χ4n) is 1.21. The van der Waals surface area contributed by atoms with E-state index in [4.69, 9.17) is 10.5 Å². The Morgan fingerprint density at radius 3 is 2.86 bits per heavy atom. The van der Waals surface area contributed by atoms with Crippen LogP contribution in [0.15, 0.2) is 5.38 Å². The van der Waals surface area contributed by atoms with Gasteiger partial charge in [0.25, 0.3) is 0 Å². The summed E-state index contributed by atoms with van der Waals surface area (Å²) in [5.41, 5.74) is 6.88. The number of hydrogen-bond acceptors (Lipinski definition) is 4. The Bertz CT molecular complexity index is 281. The molecule has 2 N–H and O–H groups in total. The van der Waals surface area contributed by atoms with Gasteiger partial charge in [0.1, 0.15) is 5.01 Å². The number of nitrogens with zero attached hydrogens (tertiary/aromatic N) is 1. The number of nitrogens with two attached hydrogens (primary N) is 1. The molecule has 0 saturated carbocycles. The van der Waals surface area contributed by atoms with E-state index in [-0.39, 0.29) is 5.41 Å². The highest BCUT2D eigenvalue weighted by atomic mass is 32.1. The second-order valence-corrected chi connectivity index (χ2v) is 4.62. The highest BCUT2D eigenvalue weighted by molar-refractivity contribution is 7.09. The lowest BCUT2D eigenvalue weighted by Gasteiger charge is -2.23. The molecule has 0 radical (unpaired) electrons. The maximum Gasteiger partial charge on any atom is 0.119 e. The summed E-state index contributed by atoms with van der Waals surface area (Å²) in [6.07, 6.45) is 1.01. The molecule has 0 saturated heterocycles. The van der Waals surface area contributed by atoms with Gasteiger partial charge in [0, 0.05) is 24.4 Å². The van der Waals surface area contributed by atoms with Crippen molar-refractivity contribution in [2.45, 2.75) is 32.3 Å². The summed E-state index contributed by atoms with van der Waals surface area (Å²) in [7, 11) is 1.68. The van der Waals surface area contributed by atoms with E-state index in [1.807, 2.05) is 0 Å². The molecule has 3 nitrogen and oxygen atoms in total. The second-order valence-electron chi connectivity index (χ2n) is 3.68. The normalized spacial score (nSPS) is 15.4. The summed E-state index contributed by atoms with van der Waals surface area (Å²) in [6.45, 7) is 5.52. The molecule has 4 heteroatoms. The van der Waals surface area contributed by atoms with Gasteiger partial charge in [-0.25, -0.2) is 4.98 Å². The molecule has 1 unspecified atom stereocenters. The van der Waals surface area contributed by atoms with E-state index in [1.165, 1.54) is 0 Å². The van der Waals surface area contributed by atoms with Gasteiger partial charge in [-0.2, -0.15) is 0 Å². The van der Waals surface area contributed by atoms with Gasteiger partial charge in [-0.1, -0.05) is 13.8 Å². The lowest BCUT2D eigenvalue weighted by Crippen LogP contribution is -2.31. The van der Waals surface area contributed by atoms with Gasteiger partial charge in [-0.05, 0) is 6.42 Å². The van der Waals surface area contributed by atoms with Crippen molar-refractivity contribution < 1.29 is 4.74 Å². The van der Waals surface area contributed by atoms with Crippen LogP contribution < -0.4 is 5.73 Å². The minimum Gasteiger partial charge on any atom is -0.378 e. The van der Waals surface area contributed by atoms with E-state index in [0.29, 0.717) is 13.2 Å². The monoisotopic (exact) mass is 214 g/mol. The van der Waals surface area contributed by atoms with Gasteiger partial charge in [0.2, 0.25) is 0 Å². The molecule has 1 atom stereocenters. The third kappa shape index (κ3) is 2.32. The molecule has 1 aromatic rings. The van der Waals surface area contributed by atoms with Gasteiger partial charge in [-0.15, -0.1) is 11.3 Å². The molecule has 80 valence electrons. The van der Waals surface area contributed by atoms with Crippen molar-refractivity contribution >= 4 is 11.3 Å². The molecule has 0 amide bonds. The molecule has 0 aromatic carbocycles. The van der Waals surface area contributed by atoms with Gasteiger partial charge in [0.15, 0.2) is 0 Å². The zero-order chi connectivity index (χ0) is 10.6. The third-order valence-electron chi connectivity index (χ3n) is 2.67. The maximum atomic E-state index is 5.77. The van der Waals surface area contributed by atoms with Crippen LogP contribution in [0.2, 0.25) is 0 Å². The predicted octanol–water partition coefficient (Wildman–Crippen LogP) is 1.92. The number of hydrogen-bond donors (Lipinski definition) is 1. The molecule has 0 aliphatic rings. The van der Waals surface area contributed by atoms with E-state index in [0.717, 1.165) is 17.1 Å². The summed E-state index contributed by atoms with van der Waals surface area (Å²) in [5.74, 6) is 0. The molecule has 0 aliphatic carbocycles. The largest absolute Gasteiger partial charge is 0.378 e. The summed E-state index contributed by atoms with van der Waals surface area (Å²) >= 11 is 1.64. The Hall–Kier alpha value is -0.450. The van der Waals surface area contributed by atoms with Crippen LogP contribution >= 0.6 is 11.3 Å². The van der Waals surface area contributed by atoms with Gasteiger partial charge in [0.05, 0.1) is 12.3 Å². The van der Waals surface area contributed by atoms with Gasteiger partial charge >= 0.3 is 0 Å².